The lowest BCUT2D eigenvalue weighted by atomic mass is 10.2. The lowest BCUT2D eigenvalue weighted by molar-refractivity contribution is -0.139. The van der Waals surface area contributed by atoms with Gasteiger partial charge in [0.2, 0.25) is 0 Å². The fourth-order valence-corrected chi connectivity index (χ4v) is 2.55. The molecular weight excluding hydrogens is 286 g/mol. The minimum atomic E-state index is -1.02. The Labute approximate surface area is 120 Å². The Morgan fingerprint density at radius 3 is 2.84 bits per heavy atom. The first kappa shape index (κ1) is 15.8. The number of carbonyl (C=O) groups is 2. The molecule has 6 nitrogen and oxygen atoms in total. The number of carbonyl (C=O) groups excluding carboxylic acids is 1. The highest BCUT2D eigenvalue weighted by atomic mass is 32.2. The number of hydrogen-bond donors (Lipinski definition) is 3. The smallest absolute Gasteiger partial charge is 0.326 e. The lowest BCUT2D eigenvalue weighted by Gasteiger charge is -2.14. The van der Waals surface area contributed by atoms with Gasteiger partial charge in [-0.25, -0.2) is 14.6 Å². The number of aliphatic carboxylic acids is 1. The first-order chi connectivity index (χ1) is 9.04. The third-order valence-electron chi connectivity index (χ3n) is 2.47. The monoisotopic (exact) mass is 303 g/mol. The van der Waals surface area contributed by atoms with Gasteiger partial charge in [-0.3, -0.25) is 0 Å². The molecule has 106 valence electrons. The van der Waals surface area contributed by atoms with E-state index in [1.165, 1.54) is 11.3 Å². The van der Waals surface area contributed by atoms with Crippen LogP contribution in [-0.4, -0.2) is 40.1 Å². The molecule has 0 aliphatic heterocycles. The van der Waals surface area contributed by atoms with Crippen molar-refractivity contribution in [1.29, 1.82) is 0 Å². The third-order valence-corrected chi connectivity index (χ3v) is 4.05. The van der Waals surface area contributed by atoms with Crippen LogP contribution < -0.4 is 10.6 Å². The van der Waals surface area contributed by atoms with E-state index in [1.54, 1.807) is 17.3 Å². The van der Waals surface area contributed by atoms with Crippen LogP contribution in [0.25, 0.3) is 0 Å². The molecule has 0 spiro atoms. The molecule has 0 aliphatic rings. The van der Waals surface area contributed by atoms with Crippen LogP contribution in [0.5, 0.6) is 0 Å². The van der Waals surface area contributed by atoms with Gasteiger partial charge in [0, 0.05) is 4.88 Å². The molecule has 0 saturated heterocycles. The average Bonchev–Trinajstić information content (AvgIpc) is 2.77. The molecule has 19 heavy (non-hydrogen) atoms. The predicted octanol–water partition coefficient (Wildman–Crippen LogP) is 1.46. The standard InChI is InChI=1S/C11H17N3O3S2/c1-7-9(19-6-13-7)5-12-11(17)14-8(10(15)16)3-4-18-2/h6,8H,3-5H2,1-2H3,(H,15,16)(H2,12,14,17)/t8-/m0/s1. The molecule has 8 heteroatoms. The Hall–Kier alpha value is -1.28. The summed E-state index contributed by atoms with van der Waals surface area (Å²) < 4.78 is 0. The highest BCUT2D eigenvalue weighted by Crippen LogP contribution is 2.11. The largest absolute Gasteiger partial charge is 0.480 e. The summed E-state index contributed by atoms with van der Waals surface area (Å²) in [6, 6.07) is -1.32. The van der Waals surface area contributed by atoms with Gasteiger partial charge in [-0.15, -0.1) is 11.3 Å². The van der Waals surface area contributed by atoms with Crippen LogP contribution in [-0.2, 0) is 11.3 Å². The summed E-state index contributed by atoms with van der Waals surface area (Å²) in [5, 5.41) is 14.1. The first-order valence-corrected chi connectivity index (χ1v) is 7.97. The summed E-state index contributed by atoms with van der Waals surface area (Å²) in [5.74, 6) is -0.330. The van der Waals surface area contributed by atoms with E-state index in [0.29, 0.717) is 18.7 Å². The van der Waals surface area contributed by atoms with Crippen molar-refractivity contribution in [3.63, 3.8) is 0 Å². The number of nitrogens with one attached hydrogen (secondary N) is 2. The molecule has 1 atom stereocenters. The summed E-state index contributed by atoms with van der Waals surface area (Å²) in [7, 11) is 0. The van der Waals surface area contributed by atoms with Crippen molar-refractivity contribution in [3.05, 3.63) is 16.1 Å². The number of hydrogen-bond acceptors (Lipinski definition) is 5. The zero-order valence-corrected chi connectivity index (χ0v) is 12.4. The molecule has 0 bridgehead atoms. The number of rotatable bonds is 7. The third kappa shape index (κ3) is 5.48. The van der Waals surface area contributed by atoms with Gasteiger partial charge in [0.25, 0.3) is 0 Å². The second kappa shape index (κ2) is 8.00. The summed E-state index contributed by atoms with van der Waals surface area (Å²) in [6.45, 7) is 2.22. The molecule has 2 amide bonds. The van der Waals surface area contributed by atoms with Crippen LogP contribution in [0.2, 0.25) is 0 Å². The van der Waals surface area contributed by atoms with E-state index in [9.17, 15) is 9.59 Å². The maximum atomic E-state index is 11.6. The number of nitrogens with zero attached hydrogens (tertiary/aromatic N) is 1. The molecule has 1 heterocycles. The molecule has 0 unspecified atom stereocenters. The van der Waals surface area contributed by atoms with Gasteiger partial charge in [-0.2, -0.15) is 11.8 Å². The molecule has 0 aliphatic carbocycles. The number of aromatic nitrogens is 1. The van der Waals surface area contributed by atoms with E-state index < -0.39 is 18.0 Å². The Bertz CT molecular complexity index is 437. The van der Waals surface area contributed by atoms with Gasteiger partial charge < -0.3 is 15.7 Å². The van der Waals surface area contributed by atoms with Gasteiger partial charge in [0.1, 0.15) is 6.04 Å². The fourth-order valence-electron chi connectivity index (χ4n) is 1.36. The molecular formula is C11H17N3O3S2. The molecule has 3 N–H and O–H groups in total. The van der Waals surface area contributed by atoms with Crippen molar-refractivity contribution in [2.45, 2.75) is 25.9 Å². The van der Waals surface area contributed by atoms with Gasteiger partial charge in [-0.05, 0) is 25.4 Å². The van der Waals surface area contributed by atoms with E-state index in [2.05, 4.69) is 15.6 Å². The molecule has 1 aromatic rings. The fraction of sp³-hybridized carbons (Fsp3) is 0.545. The topological polar surface area (TPSA) is 91.3 Å². The van der Waals surface area contributed by atoms with Crippen LogP contribution in [0.1, 0.15) is 17.0 Å². The highest BCUT2D eigenvalue weighted by molar-refractivity contribution is 7.98. The van der Waals surface area contributed by atoms with Gasteiger partial charge >= 0.3 is 12.0 Å². The van der Waals surface area contributed by atoms with Crippen LogP contribution in [0.15, 0.2) is 5.51 Å². The maximum Gasteiger partial charge on any atom is 0.326 e. The van der Waals surface area contributed by atoms with Crippen molar-refractivity contribution in [3.8, 4) is 0 Å². The van der Waals surface area contributed by atoms with Crippen molar-refractivity contribution < 1.29 is 14.7 Å². The van der Waals surface area contributed by atoms with Crippen molar-refractivity contribution in [1.82, 2.24) is 15.6 Å². The number of urea groups is 1. The molecule has 1 aromatic heterocycles. The van der Waals surface area contributed by atoms with Gasteiger partial charge in [0.05, 0.1) is 17.7 Å². The van der Waals surface area contributed by atoms with Crippen LogP contribution >= 0.6 is 23.1 Å². The lowest BCUT2D eigenvalue weighted by Crippen LogP contribution is -2.46. The number of amides is 2. The molecule has 0 saturated carbocycles. The highest BCUT2D eigenvalue weighted by Gasteiger charge is 2.19. The molecule has 0 radical (unpaired) electrons. The maximum absolute atomic E-state index is 11.6. The summed E-state index contributed by atoms with van der Waals surface area (Å²) in [6.07, 6.45) is 2.30. The van der Waals surface area contributed by atoms with Crippen molar-refractivity contribution in [2.75, 3.05) is 12.0 Å². The second-order valence-corrected chi connectivity index (χ2v) is 5.79. The number of aryl methyl sites for hydroxylation is 1. The van der Waals surface area contributed by atoms with Crippen LogP contribution in [0.3, 0.4) is 0 Å². The number of thioether (sulfide) groups is 1. The second-order valence-electron chi connectivity index (χ2n) is 3.86. The van der Waals surface area contributed by atoms with Crippen molar-refractivity contribution in [2.24, 2.45) is 0 Å². The van der Waals surface area contributed by atoms with Crippen molar-refractivity contribution >= 4 is 35.1 Å². The zero-order chi connectivity index (χ0) is 14.3. The minimum Gasteiger partial charge on any atom is -0.480 e. The van der Waals surface area contributed by atoms with E-state index in [-0.39, 0.29) is 0 Å². The Balaban J connectivity index is 2.40. The van der Waals surface area contributed by atoms with Crippen LogP contribution in [0.4, 0.5) is 4.79 Å². The number of carboxylic acid groups (broad SMARTS) is 1. The number of thiazole rings is 1. The SMILES string of the molecule is CSCC[C@H](NC(=O)NCc1scnc1C)C(=O)O. The average molecular weight is 303 g/mol. The normalized spacial score (nSPS) is 11.9. The van der Waals surface area contributed by atoms with E-state index in [0.717, 1.165) is 10.6 Å². The first-order valence-electron chi connectivity index (χ1n) is 5.69. The molecule has 0 fully saturated rings. The summed E-state index contributed by atoms with van der Waals surface area (Å²) in [5.41, 5.74) is 2.59. The quantitative estimate of drug-likeness (QED) is 0.709. The number of carboxylic acids is 1. The van der Waals surface area contributed by atoms with Gasteiger partial charge in [0.15, 0.2) is 0 Å². The Morgan fingerprint density at radius 1 is 1.58 bits per heavy atom. The van der Waals surface area contributed by atoms with E-state index in [1.807, 2.05) is 13.2 Å². The summed E-state index contributed by atoms with van der Waals surface area (Å²) in [4.78, 5) is 27.6. The van der Waals surface area contributed by atoms with E-state index in [4.69, 9.17) is 5.11 Å². The van der Waals surface area contributed by atoms with Gasteiger partial charge in [-0.1, -0.05) is 0 Å². The minimum absolute atomic E-state index is 0.358. The Kier molecular flexibility index (Phi) is 6.65. The molecule has 1 rings (SSSR count). The van der Waals surface area contributed by atoms with E-state index >= 15 is 0 Å². The predicted molar refractivity (Wildman–Crippen MR) is 76.6 cm³/mol. The summed E-state index contributed by atoms with van der Waals surface area (Å²) >= 11 is 3.00. The zero-order valence-electron chi connectivity index (χ0n) is 10.8. The van der Waals surface area contributed by atoms with Crippen LogP contribution in [0, 0.1) is 6.92 Å². The Morgan fingerprint density at radius 2 is 2.32 bits per heavy atom. The molecule has 0 aromatic carbocycles.